The summed E-state index contributed by atoms with van der Waals surface area (Å²) in [5.74, 6) is -0.0144. The van der Waals surface area contributed by atoms with Crippen molar-refractivity contribution in [2.24, 2.45) is 0 Å². The van der Waals surface area contributed by atoms with Gasteiger partial charge in [-0.15, -0.1) is 0 Å². The molecule has 2 aliphatic rings. The number of hydroxylamine groups is 2. The Labute approximate surface area is 116 Å². The first kappa shape index (κ1) is 12.9. The van der Waals surface area contributed by atoms with Crippen molar-refractivity contribution < 1.29 is 14.3 Å². The molecule has 0 bridgehead atoms. The van der Waals surface area contributed by atoms with E-state index in [-0.39, 0.29) is 12.5 Å². The van der Waals surface area contributed by atoms with Gasteiger partial charge in [0.1, 0.15) is 11.8 Å². The van der Waals surface area contributed by atoms with E-state index in [0.29, 0.717) is 35.8 Å². The van der Waals surface area contributed by atoms with E-state index in [1.54, 1.807) is 25.3 Å². The van der Waals surface area contributed by atoms with Crippen molar-refractivity contribution in [1.82, 2.24) is 9.96 Å². The van der Waals surface area contributed by atoms with Crippen molar-refractivity contribution in [2.75, 3.05) is 13.7 Å². The number of fused-ring (bicyclic) bond motifs is 1. The fourth-order valence-corrected chi connectivity index (χ4v) is 2.82. The fraction of sp³-hybridized carbons (Fsp3) is 0.429. The lowest BCUT2D eigenvalue weighted by molar-refractivity contribution is -0.136. The number of rotatable bonds is 2. The first-order valence-electron chi connectivity index (χ1n) is 6.58. The third-order valence-electron chi connectivity index (χ3n) is 3.89. The van der Waals surface area contributed by atoms with E-state index in [1.807, 2.05) is 0 Å². The van der Waals surface area contributed by atoms with E-state index in [9.17, 15) is 14.8 Å². The maximum Gasteiger partial charge on any atom is 0.255 e. The molecule has 0 radical (unpaired) electrons. The lowest BCUT2D eigenvalue weighted by Gasteiger charge is -2.40. The first-order valence-corrected chi connectivity index (χ1v) is 6.58. The predicted octanol–water partition coefficient (Wildman–Crippen LogP) is 1.14. The second kappa shape index (κ2) is 4.79. The molecular formula is C14H15N2O4-. The van der Waals surface area contributed by atoms with Crippen LogP contribution in [-0.2, 0) is 11.3 Å². The number of hydrogen-bond donors (Lipinski definition) is 0. The molecule has 0 spiro atoms. The molecule has 0 aliphatic carbocycles. The summed E-state index contributed by atoms with van der Waals surface area (Å²) in [4.78, 5) is 25.8. The minimum Gasteiger partial charge on any atom is -0.756 e. The van der Waals surface area contributed by atoms with E-state index < -0.39 is 11.9 Å². The molecule has 106 valence electrons. The fourth-order valence-electron chi connectivity index (χ4n) is 2.82. The molecule has 6 nitrogen and oxygen atoms in total. The smallest absolute Gasteiger partial charge is 0.255 e. The second-order valence-electron chi connectivity index (χ2n) is 5.05. The maximum absolute atomic E-state index is 12.4. The molecule has 1 unspecified atom stereocenters. The van der Waals surface area contributed by atoms with Gasteiger partial charge in [-0.3, -0.25) is 9.59 Å². The maximum atomic E-state index is 12.4. The molecule has 20 heavy (non-hydrogen) atoms. The molecule has 2 heterocycles. The minimum atomic E-state index is -0.632. The number of benzene rings is 1. The van der Waals surface area contributed by atoms with Crippen molar-refractivity contribution in [1.29, 1.82) is 0 Å². The molecule has 2 aliphatic heterocycles. The van der Waals surface area contributed by atoms with Crippen molar-refractivity contribution in [3.05, 3.63) is 34.5 Å². The first-order chi connectivity index (χ1) is 9.61. The van der Waals surface area contributed by atoms with E-state index >= 15 is 0 Å². The Morgan fingerprint density at radius 1 is 1.35 bits per heavy atom. The molecule has 1 atom stereocenters. The van der Waals surface area contributed by atoms with Gasteiger partial charge in [0.2, 0.25) is 5.91 Å². The summed E-state index contributed by atoms with van der Waals surface area (Å²) in [6.07, 6.45) is 1.18. The highest BCUT2D eigenvalue weighted by Crippen LogP contribution is 2.30. The molecule has 2 amide bonds. The summed E-state index contributed by atoms with van der Waals surface area (Å²) in [5.41, 5.74) is 1.42. The highest BCUT2D eigenvalue weighted by atomic mass is 16.5. The normalized spacial score (nSPS) is 22.2. The van der Waals surface area contributed by atoms with Gasteiger partial charge in [-0.2, -0.15) is 0 Å². The number of carbonyl (C=O) groups excluding carboxylic acids is 2. The van der Waals surface area contributed by atoms with Gasteiger partial charge in [0.25, 0.3) is 5.91 Å². The summed E-state index contributed by atoms with van der Waals surface area (Å²) in [6.45, 7) is 0.577. The number of nitrogens with zero attached hydrogens (tertiary/aromatic N) is 2. The quantitative estimate of drug-likeness (QED) is 0.811. The van der Waals surface area contributed by atoms with E-state index in [1.165, 1.54) is 4.90 Å². The van der Waals surface area contributed by atoms with Crippen LogP contribution in [-0.4, -0.2) is 41.5 Å². The molecule has 1 saturated heterocycles. The third-order valence-corrected chi connectivity index (χ3v) is 3.89. The van der Waals surface area contributed by atoms with E-state index in [2.05, 4.69) is 0 Å². The van der Waals surface area contributed by atoms with Gasteiger partial charge in [0.05, 0.1) is 7.11 Å². The van der Waals surface area contributed by atoms with Gasteiger partial charge in [-0.1, -0.05) is 0 Å². The van der Waals surface area contributed by atoms with Crippen molar-refractivity contribution >= 4 is 11.8 Å². The standard InChI is InChI=1S/C14H15N2O4/c1-20-10-4-5-11-9(7-10)8-15(13(11)17)12-3-2-6-16(19)14(12)18/h4-5,7,12H,2-3,6,8H2,1H3/q-1. The number of amides is 2. The highest BCUT2D eigenvalue weighted by molar-refractivity contribution is 6.01. The monoisotopic (exact) mass is 275 g/mol. The number of piperidine rings is 1. The molecule has 1 fully saturated rings. The number of methoxy groups -OCH3 is 1. The zero-order valence-corrected chi connectivity index (χ0v) is 11.2. The Kier molecular flexibility index (Phi) is 3.10. The molecular weight excluding hydrogens is 260 g/mol. The lowest BCUT2D eigenvalue weighted by atomic mass is 10.0. The Balaban J connectivity index is 1.87. The number of carbonyl (C=O) groups is 2. The summed E-state index contributed by atoms with van der Waals surface area (Å²) in [7, 11) is 1.57. The zero-order chi connectivity index (χ0) is 14.3. The largest absolute Gasteiger partial charge is 0.756 e. The molecule has 6 heteroatoms. The van der Waals surface area contributed by atoms with E-state index in [4.69, 9.17) is 4.74 Å². The molecule has 0 saturated carbocycles. The van der Waals surface area contributed by atoms with Crippen LogP contribution < -0.4 is 4.74 Å². The number of ether oxygens (including phenoxy) is 1. The third kappa shape index (κ3) is 1.92. The van der Waals surface area contributed by atoms with Gasteiger partial charge in [-0.05, 0) is 36.6 Å². The highest BCUT2D eigenvalue weighted by Gasteiger charge is 2.38. The van der Waals surface area contributed by atoms with Crippen LogP contribution in [0.2, 0.25) is 0 Å². The van der Waals surface area contributed by atoms with Crippen LogP contribution in [0.1, 0.15) is 28.8 Å². The van der Waals surface area contributed by atoms with E-state index in [0.717, 1.165) is 5.56 Å². The van der Waals surface area contributed by atoms with Crippen LogP contribution >= 0.6 is 0 Å². The predicted molar refractivity (Wildman–Crippen MR) is 71.0 cm³/mol. The van der Waals surface area contributed by atoms with Crippen molar-refractivity contribution in [3.63, 3.8) is 0 Å². The Hall–Kier alpha value is -2.08. The van der Waals surface area contributed by atoms with Crippen LogP contribution in [0.5, 0.6) is 5.75 Å². The summed E-state index contributed by atoms with van der Waals surface area (Å²) < 4.78 is 5.14. The Morgan fingerprint density at radius 3 is 2.90 bits per heavy atom. The van der Waals surface area contributed by atoms with Crippen LogP contribution in [0.3, 0.4) is 0 Å². The summed E-state index contributed by atoms with van der Waals surface area (Å²) in [6, 6.07) is 4.60. The van der Waals surface area contributed by atoms with Crippen LogP contribution in [0.25, 0.3) is 0 Å². The molecule has 1 aromatic carbocycles. The lowest BCUT2D eigenvalue weighted by Crippen LogP contribution is -2.50. The molecule has 0 aromatic heterocycles. The summed E-state index contributed by atoms with van der Waals surface area (Å²) in [5, 5.41) is 11.9. The second-order valence-corrected chi connectivity index (χ2v) is 5.05. The molecule has 1 aromatic rings. The zero-order valence-electron chi connectivity index (χ0n) is 11.2. The Bertz CT molecular complexity index is 572. The van der Waals surface area contributed by atoms with Crippen LogP contribution in [0.15, 0.2) is 18.2 Å². The van der Waals surface area contributed by atoms with Crippen molar-refractivity contribution in [3.8, 4) is 5.75 Å². The number of hydrogen-bond acceptors (Lipinski definition) is 4. The molecule has 0 N–H and O–H groups in total. The van der Waals surface area contributed by atoms with Gasteiger partial charge in [0, 0.05) is 18.7 Å². The molecule has 3 rings (SSSR count). The Morgan fingerprint density at radius 2 is 2.15 bits per heavy atom. The van der Waals surface area contributed by atoms with Gasteiger partial charge in [0.15, 0.2) is 0 Å². The topological polar surface area (TPSA) is 72.9 Å². The average molecular weight is 275 g/mol. The summed E-state index contributed by atoms with van der Waals surface area (Å²) >= 11 is 0. The average Bonchev–Trinajstić information content (AvgIpc) is 2.78. The van der Waals surface area contributed by atoms with Crippen LogP contribution in [0.4, 0.5) is 0 Å². The van der Waals surface area contributed by atoms with Gasteiger partial charge >= 0.3 is 0 Å². The van der Waals surface area contributed by atoms with Crippen LogP contribution in [0, 0.1) is 5.21 Å². The van der Waals surface area contributed by atoms with Gasteiger partial charge < -0.3 is 19.9 Å². The van der Waals surface area contributed by atoms with Crippen molar-refractivity contribution in [2.45, 2.75) is 25.4 Å². The van der Waals surface area contributed by atoms with Gasteiger partial charge in [-0.25, -0.2) is 0 Å². The minimum absolute atomic E-state index is 0.184. The SMILES string of the molecule is COc1ccc2c(c1)CN(C1CCCN([O-])C1=O)C2=O.